The van der Waals surface area contributed by atoms with Crippen molar-refractivity contribution in [2.45, 2.75) is 25.0 Å². The van der Waals surface area contributed by atoms with Crippen molar-refractivity contribution in [2.24, 2.45) is 0 Å². The van der Waals surface area contributed by atoms with E-state index in [-0.39, 0.29) is 6.23 Å². The molecule has 0 aromatic heterocycles. The fourth-order valence-corrected chi connectivity index (χ4v) is 2.36. The highest BCUT2D eigenvalue weighted by Crippen LogP contribution is 2.31. The van der Waals surface area contributed by atoms with Crippen molar-refractivity contribution in [1.82, 2.24) is 5.06 Å². The van der Waals surface area contributed by atoms with E-state index in [1.54, 1.807) is 14.2 Å². The first-order valence-electron chi connectivity index (χ1n) is 5.73. The summed E-state index contributed by atoms with van der Waals surface area (Å²) in [5.41, 5.74) is 1.40. The van der Waals surface area contributed by atoms with Gasteiger partial charge in [-0.2, -0.15) is 5.06 Å². The number of ether oxygens (including phenoxy) is 1. The van der Waals surface area contributed by atoms with E-state index >= 15 is 0 Å². The average Bonchev–Trinajstić information content (AvgIpc) is 2.39. The maximum absolute atomic E-state index is 5.45. The molecular weight excluding hydrogens is 202 g/mol. The normalized spacial score (nSPS) is 26.9. The van der Waals surface area contributed by atoms with Gasteiger partial charge in [0.1, 0.15) is 6.23 Å². The largest absolute Gasteiger partial charge is 0.364 e. The first kappa shape index (κ1) is 11.6. The van der Waals surface area contributed by atoms with Gasteiger partial charge < -0.3 is 4.74 Å². The summed E-state index contributed by atoms with van der Waals surface area (Å²) in [6, 6.07) is 10.6. The second-order valence-corrected chi connectivity index (χ2v) is 4.15. The smallest absolute Gasteiger partial charge is 0.133 e. The quantitative estimate of drug-likeness (QED) is 0.782. The first-order chi connectivity index (χ1) is 7.85. The van der Waals surface area contributed by atoms with Gasteiger partial charge in [0.15, 0.2) is 0 Å². The van der Waals surface area contributed by atoms with Crippen LogP contribution in [-0.2, 0) is 9.57 Å². The summed E-state index contributed by atoms with van der Waals surface area (Å²) in [7, 11) is 3.44. The zero-order valence-corrected chi connectivity index (χ0v) is 9.93. The van der Waals surface area contributed by atoms with Crippen molar-refractivity contribution in [3.8, 4) is 0 Å². The van der Waals surface area contributed by atoms with Crippen LogP contribution in [0.2, 0.25) is 0 Å². The van der Waals surface area contributed by atoms with Crippen molar-refractivity contribution in [2.75, 3.05) is 20.8 Å². The minimum atomic E-state index is 0.0731. The van der Waals surface area contributed by atoms with Crippen LogP contribution in [0.1, 0.15) is 24.3 Å². The van der Waals surface area contributed by atoms with E-state index in [0.29, 0.717) is 5.92 Å². The first-order valence-corrected chi connectivity index (χ1v) is 5.73. The molecule has 2 unspecified atom stereocenters. The highest BCUT2D eigenvalue weighted by atomic mass is 16.7. The lowest BCUT2D eigenvalue weighted by Crippen LogP contribution is -2.42. The molecule has 1 aliphatic heterocycles. The van der Waals surface area contributed by atoms with E-state index in [0.717, 1.165) is 19.4 Å². The second-order valence-electron chi connectivity index (χ2n) is 4.15. The Morgan fingerprint density at radius 1 is 1.19 bits per heavy atom. The van der Waals surface area contributed by atoms with Crippen molar-refractivity contribution in [3.63, 3.8) is 0 Å². The van der Waals surface area contributed by atoms with Gasteiger partial charge in [0.2, 0.25) is 0 Å². The Bertz CT molecular complexity index is 315. The van der Waals surface area contributed by atoms with Gasteiger partial charge in [-0.3, -0.25) is 4.84 Å². The summed E-state index contributed by atoms with van der Waals surface area (Å²) < 4.78 is 5.45. The fraction of sp³-hybridized carbons (Fsp3) is 0.538. The van der Waals surface area contributed by atoms with E-state index in [1.165, 1.54) is 5.56 Å². The van der Waals surface area contributed by atoms with Gasteiger partial charge in [0, 0.05) is 13.7 Å². The summed E-state index contributed by atoms with van der Waals surface area (Å²) in [6.07, 6.45) is 2.19. The van der Waals surface area contributed by atoms with Gasteiger partial charge in [-0.25, -0.2) is 0 Å². The van der Waals surface area contributed by atoms with Gasteiger partial charge in [-0.05, 0) is 24.3 Å². The number of hydrogen-bond donors (Lipinski definition) is 0. The highest BCUT2D eigenvalue weighted by molar-refractivity contribution is 5.20. The maximum Gasteiger partial charge on any atom is 0.133 e. The topological polar surface area (TPSA) is 21.7 Å². The molecular formula is C13H19NO2. The van der Waals surface area contributed by atoms with Crippen molar-refractivity contribution in [3.05, 3.63) is 35.9 Å². The van der Waals surface area contributed by atoms with Crippen molar-refractivity contribution in [1.29, 1.82) is 0 Å². The van der Waals surface area contributed by atoms with Crippen LogP contribution in [0.5, 0.6) is 0 Å². The maximum atomic E-state index is 5.45. The third-order valence-corrected chi connectivity index (χ3v) is 3.28. The van der Waals surface area contributed by atoms with Gasteiger partial charge in [-0.15, -0.1) is 0 Å². The minimum Gasteiger partial charge on any atom is -0.364 e. The molecule has 1 aromatic rings. The molecule has 0 saturated carbocycles. The molecule has 0 spiro atoms. The summed E-state index contributed by atoms with van der Waals surface area (Å²) >= 11 is 0. The van der Waals surface area contributed by atoms with Crippen LogP contribution in [0.25, 0.3) is 0 Å². The van der Waals surface area contributed by atoms with E-state index in [4.69, 9.17) is 9.57 Å². The molecule has 0 N–H and O–H groups in total. The number of hydrogen-bond acceptors (Lipinski definition) is 3. The van der Waals surface area contributed by atoms with Crippen LogP contribution in [0.4, 0.5) is 0 Å². The Balaban J connectivity index is 2.05. The molecule has 1 aliphatic rings. The summed E-state index contributed by atoms with van der Waals surface area (Å²) in [5, 5.41) is 1.92. The molecule has 2 atom stereocenters. The van der Waals surface area contributed by atoms with E-state index < -0.39 is 0 Å². The summed E-state index contributed by atoms with van der Waals surface area (Å²) in [5.74, 6) is 0.581. The second kappa shape index (κ2) is 5.43. The fourth-order valence-electron chi connectivity index (χ4n) is 2.36. The molecule has 0 aliphatic carbocycles. The van der Waals surface area contributed by atoms with Crippen LogP contribution < -0.4 is 0 Å². The number of rotatable bonds is 3. The Labute approximate surface area is 96.9 Å². The SMILES string of the molecule is COC1CC(c2ccccc2)CCN1OC. The third kappa shape index (κ3) is 2.43. The Morgan fingerprint density at radius 3 is 2.56 bits per heavy atom. The monoisotopic (exact) mass is 221 g/mol. The Kier molecular flexibility index (Phi) is 3.93. The molecule has 1 fully saturated rings. The molecule has 1 aromatic carbocycles. The molecule has 2 rings (SSSR count). The number of piperidine rings is 1. The number of nitrogens with zero attached hydrogens (tertiary/aromatic N) is 1. The molecule has 0 bridgehead atoms. The molecule has 1 saturated heterocycles. The molecule has 0 radical (unpaired) electrons. The molecule has 0 amide bonds. The van der Waals surface area contributed by atoms with Crippen molar-refractivity contribution < 1.29 is 9.57 Å². The predicted octanol–water partition coefficient (Wildman–Crippen LogP) is 2.40. The molecule has 88 valence electrons. The molecule has 3 nitrogen and oxygen atoms in total. The van der Waals surface area contributed by atoms with Crippen molar-refractivity contribution >= 4 is 0 Å². The third-order valence-electron chi connectivity index (χ3n) is 3.28. The lowest BCUT2D eigenvalue weighted by atomic mass is 9.89. The lowest BCUT2D eigenvalue weighted by molar-refractivity contribution is -0.244. The van der Waals surface area contributed by atoms with Crippen LogP contribution in [0, 0.1) is 0 Å². The van der Waals surface area contributed by atoms with E-state index in [9.17, 15) is 0 Å². The Morgan fingerprint density at radius 2 is 1.94 bits per heavy atom. The van der Waals surface area contributed by atoms with E-state index in [2.05, 4.69) is 30.3 Å². The highest BCUT2D eigenvalue weighted by Gasteiger charge is 2.29. The zero-order chi connectivity index (χ0) is 11.4. The van der Waals surface area contributed by atoms with Crippen LogP contribution in [-0.4, -0.2) is 32.1 Å². The van der Waals surface area contributed by atoms with Gasteiger partial charge in [-0.1, -0.05) is 30.3 Å². The Hall–Kier alpha value is -0.900. The average molecular weight is 221 g/mol. The lowest BCUT2D eigenvalue weighted by Gasteiger charge is -2.36. The standard InChI is InChI=1S/C13H19NO2/c1-15-13-10-12(8-9-14(13)16-2)11-6-4-3-5-7-11/h3-7,12-13H,8-10H2,1-2H3. The predicted molar refractivity (Wildman–Crippen MR) is 62.9 cm³/mol. The van der Waals surface area contributed by atoms with Crippen LogP contribution >= 0.6 is 0 Å². The molecule has 3 heteroatoms. The number of hydroxylamine groups is 2. The van der Waals surface area contributed by atoms with Crippen LogP contribution in [0.15, 0.2) is 30.3 Å². The van der Waals surface area contributed by atoms with Crippen LogP contribution in [0.3, 0.4) is 0 Å². The van der Waals surface area contributed by atoms with Gasteiger partial charge >= 0.3 is 0 Å². The van der Waals surface area contributed by atoms with Gasteiger partial charge in [0.25, 0.3) is 0 Å². The molecule has 16 heavy (non-hydrogen) atoms. The number of methoxy groups -OCH3 is 1. The summed E-state index contributed by atoms with van der Waals surface area (Å²) in [4.78, 5) is 5.29. The zero-order valence-electron chi connectivity index (χ0n) is 9.93. The van der Waals surface area contributed by atoms with Gasteiger partial charge in [0.05, 0.1) is 7.11 Å². The minimum absolute atomic E-state index is 0.0731. The summed E-state index contributed by atoms with van der Waals surface area (Å²) in [6.45, 7) is 0.925. The number of benzene rings is 1. The van der Waals surface area contributed by atoms with E-state index in [1.807, 2.05) is 5.06 Å². The molecule has 1 heterocycles.